The lowest BCUT2D eigenvalue weighted by Crippen LogP contribution is -2.31. The van der Waals surface area contributed by atoms with Crippen LogP contribution in [-0.2, 0) is 0 Å². The quantitative estimate of drug-likeness (QED) is 0.836. The molecule has 5 heteroatoms. The molecule has 1 atom stereocenters. The van der Waals surface area contributed by atoms with E-state index in [9.17, 15) is 13.6 Å². The average molecular weight is 240 g/mol. The zero-order valence-electron chi connectivity index (χ0n) is 9.30. The van der Waals surface area contributed by atoms with Crippen LogP contribution >= 0.6 is 0 Å². The summed E-state index contributed by atoms with van der Waals surface area (Å²) in [5.41, 5.74) is -0.501. The first-order valence-electron chi connectivity index (χ1n) is 5.61. The highest BCUT2D eigenvalue weighted by atomic mass is 19.1. The molecule has 92 valence electrons. The average Bonchev–Trinajstić information content (AvgIpc) is 2.79. The second-order valence-electron chi connectivity index (χ2n) is 4.17. The summed E-state index contributed by atoms with van der Waals surface area (Å²) in [7, 11) is 0. The molecule has 17 heavy (non-hydrogen) atoms. The van der Waals surface area contributed by atoms with Gasteiger partial charge in [0.25, 0.3) is 5.91 Å². The molecule has 1 heterocycles. The van der Waals surface area contributed by atoms with E-state index in [0.29, 0.717) is 12.5 Å². The summed E-state index contributed by atoms with van der Waals surface area (Å²) in [4.78, 5) is 11.6. The Kier molecular flexibility index (Phi) is 3.68. The number of benzene rings is 1. The van der Waals surface area contributed by atoms with E-state index >= 15 is 0 Å². The largest absolute Gasteiger partial charge is 0.352 e. The number of hydrogen-bond donors (Lipinski definition) is 2. The Balaban J connectivity index is 1.99. The van der Waals surface area contributed by atoms with Gasteiger partial charge in [-0.05, 0) is 37.6 Å². The molecular formula is C12H14F2N2O. The third-order valence-electron chi connectivity index (χ3n) is 2.90. The molecule has 3 nitrogen and oxygen atoms in total. The SMILES string of the molecule is O=C(NCC1CCNC1)c1c(F)cccc1F. The number of amides is 1. The summed E-state index contributed by atoms with van der Waals surface area (Å²) in [6, 6.07) is 3.40. The molecule has 0 aliphatic carbocycles. The minimum Gasteiger partial charge on any atom is -0.352 e. The summed E-state index contributed by atoms with van der Waals surface area (Å²) < 4.78 is 26.6. The van der Waals surface area contributed by atoms with Gasteiger partial charge < -0.3 is 10.6 Å². The molecule has 1 unspecified atom stereocenters. The summed E-state index contributed by atoms with van der Waals surface area (Å²) in [6.45, 7) is 2.20. The van der Waals surface area contributed by atoms with E-state index in [1.54, 1.807) is 0 Å². The van der Waals surface area contributed by atoms with E-state index in [1.165, 1.54) is 6.07 Å². The second kappa shape index (κ2) is 5.23. The van der Waals surface area contributed by atoms with Crippen molar-refractivity contribution >= 4 is 5.91 Å². The molecule has 1 aliphatic heterocycles. The fourth-order valence-electron chi connectivity index (χ4n) is 1.93. The third-order valence-corrected chi connectivity index (χ3v) is 2.90. The first kappa shape index (κ1) is 12.0. The van der Waals surface area contributed by atoms with E-state index in [4.69, 9.17) is 0 Å². The number of hydrogen-bond acceptors (Lipinski definition) is 2. The molecule has 1 aromatic rings. The number of halogens is 2. The molecule has 0 bridgehead atoms. The topological polar surface area (TPSA) is 41.1 Å². The van der Waals surface area contributed by atoms with Crippen LogP contribution < -0.4 is 10.6 Å². The Morgan fingerprint density at radius 3 is 2.71 bits per heavy atom. The highest BCUT2D eigenvalue weighted by molar-refractivity contribution is 5.94. The van der Waals surface area contributed by atoms with Gasteiger partial charge in [0.1, 0.15) is 17.2 Å². The Bertz CT molecular complexity index is 397. The molecule has 0 radical (unpaired) electrons. The van der Waals surface area contributed by atoms with Gasteiger partial charge in [-0.2, -0.15) is 0 Å². The van der Waals surface area contributed by atoms with Gasteiger partial charge in [-0.15, -0.1) is 0 Å². The van der Waals surface area contributed by atoms with Crippen molar-refractivity contribution in [3.8, 4) is 0 Å². The van der Waals surface area contributed by atoms with Gasteiger partial charge in [-0.3, -0.25) is 4.79 Å². The second-order valence-corrected chi connectivity index (χ2v) is 4.17. The standard InChI is InChI=1S/C12H14F2N2O/c13-9-2-1-3-10(14)11(9)12(17)16-7-8-4-5-15-6-8/h1-3,8,15H,4-7H2,(H,16,17). The normalized spacial score (nSPS) is 19.3. The number of nitrogens with one attached hydrogen (secondary N) is 2. The van der Waals surface area contributed by atoms with Crippen molar-refractivity contribution in [1.82, 2.24) is 10.6 Å². The third kappa shape index (κ3) is 2.79. The van der Waals surface area contributed by atoms with Gasteiger partial charge in [0.15, 0.2) is 0 Å². The van der Waals surface area contributed by atoms with E-state index in [1.807, 2.05) is 0 Å². The van der Waals surface area contributed by atoms with Gasteiger partial charge >= 0.3 is 0 Å². The molecule has 0 saturated carbocycles. The van der Waals surface area contributed by atoms with Crippen molar-refractivity contribution in [3.05, 3.63) is 35.4 Å². The highest BCUT2D eigenvalue weighted by Gasteiger charge is 2.19. The summed E-state index contributed by atoms with van der Waals surface area (Å²) in [5.74, 6) is -2.00. The van der Waals surface area contributed by atoms with Gasteiger partial charge in [0.2, 0.25) is 0 Å². The highest BCUT2D eigenvalue weighted by Crippen LogP contribution is 2.12. The number of rotatable bonds is 3. The van der Waals surface area contributed by atoms with Crippen LogP contribution in [0.4, 0.5) is 8.78 Å². The lowest BCUT2D eigenvalue weighted by Gasteiger charge is -2.10. The van der Waals surface area contributed by atoms with Crippen molar-refractivity contribution < 1.29 is 13.6 Å². The maximum Gasteiger partial charge on any atom is 0.257 e. The maximum absolute atomic E-state index is 13.3. The minimum absolute atomic E-state index is 0.341. The van der Waals surface area contributed by atoms with Crippen molar-refractivity contribution in [2.75, 3.05) is 19.6 Å². The van der Waals surface area contributed by atoms with Crippen LogP contribution in [-0.4, -0.2) is 25.5 Å². The van der Waals surface area contributed by atoms with Gasteiger partial charge in [0, 0.05) is 6.54 Å². The molecule has 1 aromatic carbocycles. The van der Waals surface area contributed by atoms with Crippen LogP contribution in [0.1, 0.15) is 16.8 Å². The Morgan fingerprint density at radius 2 is 2.12 bits per heavy atom. The first-order chi connectivity index (χ1) is 8.18. The molecule has 0 spiro atoms. The van der Waals surface area contributed by atoms with E-state index < -0.39 is 23.1 Å². The molecule has 2 rings (SSSR count). The predicted octanol–water partition coefficient (Wildman–Crippen LogP) is 1.30. The molecule has 0 aromatic heterocycles. The van der Waals surface area contributed by atoms with Crippen molar-refractivity contribution in [3.63, 3.8) is 0 Å². The minimum atomic E-state index is -0.827. The van der Waals surface area contributed by atoms with Crippen LogP contribution in [0.15, 0.2) is 18.2 Å². The molecular weight excluding hydrogens is 226 g/mol. The van der Waals surface area contributed by atoms with Crippen LogP contribution in [0.5, 0.6) is 0 Å². The van der Waals surface area contributed by atoms with E-state index in [0.717, 1.165) is 31.6 Å². The summed E-state index contributed by atoms with van der Waals surface area (Å²) in [6.07, 6.45) is 0.972. The summed E-state index contributed by atoms with van der Waals surface area (Å²) in [5, 5.41) is 5.72. The lowest BCUT2D eigenvalue weighted by molar-refractivity contribution is 0.0939. The molecule has 1 amide bonds. The fourth-order valence-corrected chi connectivity index (χ4v) is 1.93. The van der Waals surface area contributed by atoms with Crippen molar-refractivity contribution in [2.45, 2.75) is 6.42 Å². The van der Waals surface area contributed by atoms with Gasteiger partial charge in [-0.25, -0.2) is 8.78 Å². The van der Waals surface area contributed by atoms with Crippen molar-refractivity contribution in [2.24, 2.45) is 5.92 Å². The fraction of sp³-hybridized carbons (Fsp3) is 0.417. The van der Waals surface area contributed by atoms with E-state index in [2.05, 4.69) is 10.6 Å². The zero-order valence-corrected chi connectivity index (χ0v) is 9.30. The maximum atomic E-state index is 13.3. The van der Waals surface area contributed by atoms with Gasteiger partial charge in [0.05, 0.1) is 0 Å². The Morgan fingerprint density at radius 1 is 1.41 bits per heavy atom. The smallest absolute Gasteiger partial charge is 0.257 e. The Hall–Kier alpha value is -1.49. The van der Waals surface area contributed by atoms with Crippen LogP contribution in [0.3, 0.4) is 0 Å². The molecule has 1 aliphatic rings. The van der Waals surface area contributed by atoms with Crippen LogP contribution in [0.2, 0.25) is 0 Å². The van der Waals surface area contributed by atoms with E-state index in [-0.39, 0.29) is 0 Å². The lowest BCUT2D eigenvalue weighted by atomic mass is 10.1. The number of carbonyl (C=O) groups is 1. The van der Waals surface area contributed by atoms with Crippen LogP contribution in [0.25, 0.3) is 0 Å². The molecule has 1 fully saturated rings. The van der Waals surface area contributed by atoms with Crippen LogP contribution in [0, 0.1) is 17.6 Å². The summed E-state index contributed by atoms with van der Waals surface area (Å²) >= 11 is 0. The van der Waals surface area contributed by atoms with Crippen molar-refractivity contribution in [1.29, 1.82) is 0 Å². The Labute approximate surface area is 98.2 Å². The molecule has 2 N–H and O–H groups in total. The predicted molar refractivity (Wildman–Crippen MR) is 59.7 cm³/mol. The number of carbonyl (C=O) groups excluding carboxylic acids is 1. The monoisotopic (exact) mass is 240 g/mol. The zero-order chi connectivity index (χ0) is 12.3. The molecule has 1 saturated heterocycles. The first-order valence-corrected chi connectivity index (χ1v) is 5.61. The van der Waals surface area contributed by atoms with Gasteiger partial charge in [-0.1, -0.05) is 6.07 Å².